The van der Waals surface area contributed by atoms with Gasteiger partial charge in [-0.3, -0.25) is 14.5 Å². The lowest BCUT2D eigenvalue weighted by Crippen LogP contribution is -2.50. The van der Waals surface area contributed by atoms with Crippen LogP contribution >= 0.6 is 0 Å². The summed E-state index contributed by atoms with van der Waals surface area (Å²) in [6.07, 6.45) is 2.71. The molecule has 1 aromatic heterocycles. The molecule has 2 aliphatic rings. The van der Waals surface area contributed by atoms with E-state index < -0.39 is 5.54 Å². The van der Waals surface area contributed by atoms with E-state index in [0.29, 0.717) is 6.54 Å². The molecule has 1 aliphatic carbocycles. The van der Waals surface area contributed by atoms with Gasteiger partial charge in [-0.05, 0) is 31.2 Å². The molecular weight excluding hydrogens is 294 g/mol. The lowest BCUT2D eigenvalue weighted by Gasteiger charge is -2.29. The maximum Gasteiger partial charge on any atom is 0.266 e. The zero-order valence-electron chi connectivity index (χ0n) is 13.5. The Morgan fingerprint density at radius 3 is 2.96 bits per heavy atom. The minimum atomic E-state index is -0.762. The summed E-state index contributed by atoms with van der Waals surface area (Å²) in [6.45, 7) is 3.29. The number of nitriles is 1. The van der Waals surface area contributed by atoms with Gasteiger partial charge < -0.3 is 5.32 Å². The number of rotatable bonds is 4. The summed E-state index contributed by atoms with van der Waals surface area (Å²) in [5, 5.41) is 16.5. The Labute approximate surface area is 134 Å². The highest BCUT2D eigenvalue weighted by Crippen LogP contribution is 2.39. The first-order valence-corrected chi connectivity index (χ1v) is 7.92. The van der Waals surface area contributed by atoms with E-state index in [2.05, 4.69) is 16.5 Å². The van der Waals surface area contributed by atoms with Gasteiger partial charge in [0.05, 0.1) is 18.3 Å². The summed E-state index contributed by atoms with van der Waals surface area (Å²) in [5.41, 5.74) is 0.907. The fourth-order valence-corrected chi connectivity index (χ4v) is 3.10. The molecule has 7 nitrogen and oxygen atoms in total. The van der Waals surface area contributed by atoms with E-state index in [0.717, 1.165) is 37.1 Å². The zero-order chi connectivity index (χ0) is 16.6. The van der Waals surface area contributed by atoms with Crippen molar-refractivity contribution in [2.45, 2.75) is 38.3 Å². The quantitative estimate of drug-likeness (QED) is 0.841. The molecule has 1 unspecified atom stereocenters. The molecule has 7 heteroatoms. The first-order chi connectivity index (χ1) is 10.9. The van der Waals surface area contributed by atoms with E-state index >= 15 is 0 Å². The van der Waals surface area contributed by atoms with Crippen molar-refractivity contribution in [2.75, 3.05) is 13.1 Å². The topological polar surface area (TPSA) is 91.0 Å². The van der Waals surface area contributed by atoms with Crippen LogP contribution in [-0.2, 0) is 24.8 Å². The summed E-state index contributed by atoms with van der Waals surface area (Å²) in [6, 6.07) is 3.83. The summed E-state index contributed by atoms with van der Waals surface area (Å²) in [5.74, 6) is 0.131. The number of aromatic nitrogens is 2. The van der Waals surface area contributed by atoms with Crippen LogP contribution in [0.1, 0.15) is 31.0 Å². The molecule has 1 saturated carbocycles. The molecular formula is C16H21N5O2. The largest absolute Gasteiger partial charge is 0.337 e. The predicted molar refractivity (Wildman–Crippen MR) is 83.3 cm³/mol. The monoisotopic (exact) mass is 315 g/mol. The van der Waals surface area contributed by atoms with Gasteiger partial charge in [-0.25, -0.2) is 4.68 Å². The highest BCUT2D eigenvalue weighted by molar-refractivity contribution is 5.79. The molecule has 0 aromatic carbocycles. The molecule has 1 atom stereocenters. The number of aryl methyl sites for hydroxylation is 1. The third kappa shape index (κ3) is 3.27. The van der Waals surface area contributed by atoms with Crippen LogP contribution in [0, 0.1) is 17.2 Å². The Hall–Kier alpha value is -2.20. The number of hydrogen-bond donors (Lipinski definition) is 1. The van der Waals surface area contributed by atoms with E-state index in [1.54, 1.807) is 20.0 Å². The minimum absolute atomic E-state index is 0.138. The lowest BCUT2D eigenvalue weighted by atomic mass is 9.98. The molecule has 2 heterocycles. The molecule has 1 aromatic rings. The van der Waals surface area contributed by atoms with Crippen molar-refractivity contribution in [3.63, 3.8) is 0 Å². The number of fused-ring (bicyclic) bond motifs is 1. The van der Waals surface area contributed by atoms with Gasteiger partial charge in [0.1, 0.15) is 5.54 Å². The fourth-order valence-electron chi connectivity index (χ4n) is 3.10. The van der Waals surface area contributed by atoms with E-state index in [4.69, 9.17) is 0 Å². The molecule has 0 bridgehead atoms. The Balaban J connectivity index is 1.63. The van der Waals surface area contributed by atoms with Crippen LogP contribution in [0.4, 0.5) is 0 Å². The van der Waals surface area contributed by atoms with Crippen LogP contribution in [0.5, 0.6) is 0 Å². The highest BCUT2D eigenvalue weighted by Gasteiger charge is 2.43. The predicted octanol–water partition coefficient (Wildman–Crippen LogP) is -0.0531. The first kappa shape index (κ1) is 15.7. The summed E-state index contributed by atoms with van der Waals surface area (Å²) in [7, 11) is 1.64. The lowest BCUT2D eigenvalue weighted by molar-refractivity contribution is -0.123. The number of amides is 1. The van der Waals surface area contributed by atoms with E-state index in [-0.39, 0.29) is 23.9 Å². The second-order valence-corrected chi connectivity index (χ2v) is 6.68. The summed E-state index contributed by atoms with van der Waals surface area (Å²) >= 11 is 0. The van der Waals surface area contributed by atoms with E-state index in [9.17, 15) is 14.9 Å². The molecule has 23 heavy (non-hydrogen) atoms. The molecule has 122 valence electrons. The van der Waals surface area contributed by atoms with E-state index in [1.807, 2.05) is 4.90 Å². The number of carbonyl (C=O) groups excluding carboxylic acids is 1. The normalized spacial score (nSPS) is 20.2. The fraction of sp³-hybridized carbons (Fsp3) is 0.625. The standard InChI is InChI=1S/C16H21N5O2/c1-16(10-17,12-3-4-12)18-14(22)9-21-6-5-13-11(8-21)7-15(23)20(2)19-13/h7,12H,3-6,8-9H2,1-2H3,(H,18,22). The molecule has 1 N–H and O–H groups in total. The summed E-state index contributed by atoms with van der Waals surface area (Å²) < 4.78 is 1.34. The van der Waals surface area contributed by atoms with Crippen molar-refractivity contribution in [1.29, 1.82) is 5.26 Å². The highest BCUT2D eigenvalue weighted by atomic mass is 16.2. The van der Waals surface area contributed by atoms with Gasteiger partial charge in [-0.1, -0.05) is 0 Å². The van der Waals surface area contributed by atoms with Gasteiger partial charge >= 0.3 is 0 Å². The van der Waals surface area contributed by atoms with Crippen molar-refractivity contribution in [2.24, 2.45) is 13.0 Å². The number of nitrogens with zero attached hydrogens (tertiary/aromatic N) is 4. The van der Waals surface area contributed by atoms with Gasteiger partial charge in [0.15, 0.2) is 0 Å². The van der Waals surface area contributed by atoms with E-state index in [1.165, 1.54) is 4.68 Å². The van der Waals surface area contributed by atoms with Crippen molar-refractivity contribution in [3.8, 4) is 6.07 Å². The Morgan fingerprint density at radius 1 is 1.57 bits per heavy atom. The van der Waals surface area contributed by atoms with Crippen LogP contribution in [0.3, 0.4) is 0 Å². The molecule has 3 rings (SSSR count). The molecule has 0 radical (unpaired) electrons. The molecule has 1 fully saturated rings. The second-order valence-electron chi connectivity index (χ2n) is 6.68. The molecule has 1 amide bonds. The van der Waals surface area contributed by atoms with Crippen molar-refractivity contribution in [1.82, 2.24) is 20.0 Å². The third-order valence-electron chi connectivity index (χ3n) is 4.71. The van der Waals surface area contributed by atoms with Gasteiger partial charge in [-0.15, -0.1) is 0 Å². The van der Waals surface area contributed by atoms with Gasteiger partial charge in [0.2, 0.25) is 5.91 Å². The molecule has 0 spiro atoms. The van der Waals surface area contributed by atoms with Crippen LogP contribution in [-0.4, -0.2) is 39.2 Å². The van der Waals surface area contributed by atoms with Gasteiger partial charge in [-0.2, -0.15) is 10.4 Å². The van der Waals surface area contributed by atoms with Crippen LogP contribution in [0.15, 0.2) is 10.9 Å². The van der Waals surface area contributed by atoms with Crippen molar-refractivity contribution in [3.05, 3.63) is 27.7 Å². The average molecular weight is 315 g/mol. The SMILES string of the molecule is Cn1nc2c(cc1=O)CN(CC(=O)NC(C)(C#N)C1CC1)CC2. The number of hydrogen-bond acceptors (Lipinski definition) is 5. The van der Waals surface area contributed by atoms with Crippen LogP contribution in [0.2, 0.25) is 0 Å². The first-order valence-electron chi connectivity index (χ1n) is 7.92. The Morgan fingerprint density at radius 2 is 2.30 bits per heavy atom. The van der Waals surface area contributed by atoms with Crippen molar-refractivity contribution < 1.29 is 4.79 Å². The average Bonchev–Trinajstić information content (AvgIpc) is 3.33. The smallest absolute Gasteiger partial charge is 0.266 e. The maximum atomic E-state index is 12.3. The second kappa shape index (κ2) is 5.78. The third-order valence-corrected chi connectivity index (χ3v) is 4.71. The number of nitrogens with one attached hydrogen (secondary N) is 1. The zero-order valence-corrected chi connectivity index (χ0v) is 13.5. The number of carbonyl (C=O) groups is 1. The van der Waals surface area contributed by atoms with Crippen LogP contribution in [0.25, 0.3) is 0 Å². The minimum Gasteiger partial charge on any atom is -0.337 e. The Bertz CT molecular complexity index is 731. The van der Waals surface area contributed by atoms with Crippen molar-refractivity contribution >= 4 is 5.91 Å². The van der Waals surface area contributed by atoms with Crippen LogP contribution < -0.4 is 10.9 Å². The van der Waals surface area contributed by atoms with Gasteiger partial charge in [0.25, 0.3) is 5.56 Å². The molecule has 0 saturated heterocycles. The summed E-state index contributed by atoms with van der Waals surface area (Å²) in [4.78, 5) is 26.0. The maximum absolute atomic E-state index is 12.3. The van der Waals surface area contributed by atoms with Gasteiger partial charge in [0, 0.05) is 32.6 Å². The molecule has 1 aliphatic heterocycles. The Kier molecular flexibility index (Phi) is 3.94.